The van der Waals surface area contributed by atoms with Gasteiger partial charge in [0.1, 0.15) is 0 Å². The maximum atomic E-state index is 12.2. The van der Waals surface area contributed by atoms with Gasteiger partial charge in [-0.15, -0.1) is 0 Å². The number of nitrogens with one attached hydrogen (secondary N) is 2. The van der Waals surface area contributed by atoms with Crippen LogP contribution >= 0.6 is 28.1 Å². The molecular weight excluding hydrogens is 368 g/mol. The Hall–Kier alpha value is -2.12. The highest BCUT2D eigenvalue weighted by molar-refractivity contribution is 9.10. The van der Waals surface area contributed by atoms with E-state index in [1.54, 1.807) is 18.2 Å². The van der Waals surface area contributed by atoms with Gasteiger partial charge in [-0.1, -0.05) is 15.9 Å². The molecule has 1 heterocycles. The Balaban J connectivity index is 1.63. The van der Waals surface area contributed by atoms with Crippen molar-refractivity contribution in [2.75, 3.05) is 12.1 Å². The molecule has 0 spiro atoms. The van der Waals surface area contributed by atoms with Crippen LogP contribution < -0.4 is 20.1 Å². The number of hydrogen-bond donors (Lipinski definition) is 2. The van der Waals surface area contributed by atoms with Crippen LogP contribution in [0.5, 0.6) is 11.5 Å². The fourth-order valence-electron chi connectivity index (χ4n) is 1.91. The van der Waals surface area contributed by atoms with E-state index in [0.717, 1.165) is 10.2 Å². The number of carbonyl (C=O) groups excluding carboxylic acids is 1. The van der Waals surface area contributed by atoms with E-state index in [1.165, 1.54) is 0 Å². The molecule has 7 heteroatoms. The molecule has 0 fully saturated rings. The summed E-state index contributed by atoms with van der Waals surface area (Å²) in [7, 11) is 0. The fraction of sp³-hybridized carbons (Fsp3) is 0.0667. The second-order valence-electron chi connectivity index (χ2n) is 4.48. The summed E-state index contributed by atoms with van der Waals surface area (Å²) < 4.78 is 11.4. The quantitative estimate of drug-likeness (QED) is 0.785. The van der Waals surface area contributed by atoms with Gasteiger partial charge in [-0.25, -0.2) is 0 Å². The molecule has 0 aliphatic carbocycles. The van der Waals surface area contributed by atoms with Crippen molar-refractivity contribution >= 4 is 44.9 Å². The highest BCUT2D eigenvalue weighted by Gasteiger charge is 2.16. The van der Waals surface area contributed by atoms with Crippen LogP contribution in [-0.2, 0) is 0 Å². The van der Waals surface area contributed by atoms with Crippen LogP contribution in [0.15, 0.2) is 46.9 Å². The molecule has 0 radical (unpaired) electrons. The van der Waals surface area contributed by atoms with Crippen molar-refractivity contribution in [2.24, 2.45) is 0 Å². The van der Waals surface area contributed by atoms with E-state index in [1.807, 2.05) is 24.3 Å². The monoisotopic (exact) mass is 378 g/mol. The zero-order valence-electron chi connectivity index (χ0n) is 11.3. The number of amides is 1. The Bertz CT molecular complexity index is 734. The minimum Gasteiger partial charge on any atom is -0.454 e. The zero-order valence-corrected chi connectivity index (χ0v) is 13.7. The Morgan fingerprint density at radius 2 is 1.82 bits per heavy atom. The second kappa shape index (κ2) is 6.33. The zero-order chi connectivity index (χ0) is 15.5. The number of carbonyl (C=O) groups is 1. The molecule has 5 nitrogen and oxygen atoms in total. The Labute approximate surface area is 140 Å². The molecule has 0 aromatic heterocycles. The SMILES string of the molecule is O=C(NC(=S)Nc1ccc(Br)cc1)c1ccc2c(c1)OCO2. The number of halogens is 1. The average Bonchev–Trinajstić information content (AvgIpc) is 2.97. The summed E-state index contributed by atoms with van der Waals surface area (Å²) in [5, 5.41) is 5.80. The third-order valence-corrected chi connectivity index (χ3v) is 3.70. The number of ether oxygens (including phenoxy) is 2. The van der Waals surface area contributed by atoms with Crippen molar-refractivity contribution in [3.8, 4) is 11.5 Å². The standard InChI is InChI=1S/C15H11BrN2O3S/c16-10-2-4-11(5-3-10)17-15(22)18-14(19)9-1-6-12-13(7-9)21-8-20-12/h1-7H,8H2,(H2,17,18,19,22). The summed E-state index contributed by atoms with van der Waals surface area (Å²) in [4.78, 5) is 12.2. The maximum absolute atomic E-state index is 12.2. The van der Waals surface area contributed by atoms with Gasteiger partial charge in [0.05, 0.1) is 0 Å². The van der Waals surface area contributed by atoms with E-state index in [2.05, 4.69) is 26.6 Å². The van der Waals surface area contributed by atoms with Gasteiger partial charge in [0, 0.05) is 15.7 Å². The van der Waals surface area contributed by atoms with E-state index in [-0.39, 0.29) is 17.8 Å². The van der Waals surface area contributed by atoms with Gasteiger partial charge in [-0.3, -0.25) is 10.1 Å². The van der Waals surface area contributed by atoms with Gasteiger partial charge in [0.15, 0.2) is 16.6 Å². The van der Waals surface area contributed by atoms with Gasteiger partial charge < -0.3 is 14.8 Å². The predicted octanol–water partition coefficient (Wildman–Crippen LogP) is 3.30. The van der Waals surface area contributed by atoms with Crippen molar-refractivity contribution in [3.05, 3.63) is 52.5 Å². The third kappa shape index (κ3) is 3.37. The molecule has 1 aliphatic heterocycles. The lowest BCUT2D eigenvalue weighted by molar-refractivity contribution is 0.0977. The van der Waals surface area contributed by atoms with Crippen LogP contribution in [-0.4, -0.2) is 17.8 Å². The van der Waals surface area contributed by atoms with Gasteiger partial charge in [-0.2, -0.15) is 0 Å². The van der Waals surface area contributed by atoms with Gasteiger partial charge in [0.2, 0.25) is 6.79 Å². The molecule has 2 aromatic rings. The molecule has 0 saturated heterocycles. The lowest BCUT2D eigenvalue weighted by atomic mass is 10.2. The van der Waals surface area contributed by atoms with Gasteiger partial charge >= 0.3 is 0 Å². The molecule has 2 N–H and O–H groups in total. The van der Waals surface area contributed by atoms with E-state index in [0.29, 0.717) is 17.1 Å². The highest BCUT2D eigenvalue weighted by atomic mass is 79.9. The summed E-state index contributed by atoms with van der Waals surface area (Å²) in [5.74, 6) is 0.875. The third-order valence-electron chi connectivity index (χ3n) is 2.96. The molecule has 22 heavy (non-hydrogen) atoms. The largest absolute Gasteiger partial charge is 0.454 e. The normalized spacial score (nSPS) is 11.9. The number of anilines is 1. The molecule has 1 amide bonds. The maximum Gasteiger partial charge on any atom is 0.257 e. The van der Waals surface area contributed by atoms with Crippen LogP contribution in [0.4, 0.5) is 5.69 Å². The molecule has 3 rings (SSSR count). The van der Waals surface area contributed by atoms with E-state index >= 15 is 0 Å². The van der Waals surface area contributed by atoms with E-state index < -0.39 is 0 Å². The van der Waals surface area contributed by atoms with Crippen LogP contribution in [0.2, 0.25) is 0 Å². The summed E-state index contributed by atoms with van der Waals surface area (Å²) in [6.07, 6.45) is 0. The summed E-state index contributed by atoms with van der Waals surface area (Å²) >= 11 is 8.49. The minimum absolute atomic E-state index is 0.171. The number of rotatable bonds is 2. The number of fused-ring (bicyclic) bond motifs is 1. The Kier molecular flexibility index (Phi) is 4.26. The first-order valence-corrected chi connectivity index (χ1v) is 7.59. The van der Waals surface area contributed by atoms with Crippen LogP contribution in [0, 0.1) is 0 Å². The smallest absolute Gasteiger partial charge is 0.257 e. The van der Waals surface area contributed by atoms with Crippen molar-refractivity contribution in [3.63, 3.8) is 0 Å². The molecule has 1 aliphatic rings. The van der Waals surface area contributed by atoms with Crippen LogP contribution in [0.25, 0.3) is 0 Å². The average molecular weight is 379 g/mol. The van der Waals surface area contributed by atoms with Gasteiger partial charge in [-0.05, 0) is 54.7 Å². The molecular formula is C15H11BrN2O3S. The molecule has 112 valence electrons. The number of benzene rings is 2. The lowest BCUT2D eigenvalue weighted by Gasteiger charge is -2.10. The van der Waals surface area contributed by atoms with Crippen molar-refractivity contribution < 1.29 is 14.3 Å². The summed E-state index contributed by atoms with van der Waals surface area (Å²) in [6.45, 7) is 0.171. The van der Waals surface area contributed by atoms with Crippen molar-refractivity contribution in [1.29, 1.82) is 0 Å². The lowest BCUT2D eigenvalue weighted by Crippen LogP contribution is -2.34. The van der Waals surface area contributed by atoms with Crippen molar-refractivity contribution in [2.45, 2.75) is 0 Å². The Morgan fingerprint density at radius 3 is 2.59 bits per heavy atom. The number of hydrogen-bond acceptors (Lipinski definition) is 4. The van der Waals surface area contributed by atoms with Crippen LogP contribution in [0.3, 0.4) is 0 Å². The first-order chi connectivity index (χ1) is 10.6. The Morgan fingerprint density at radius 1 is 1.09 bits per heavy atom. The molecule has 0 atom stereocenters. The van der Waals surface area contributed by atoms with E-state index in [4.69, 9.17) is 21.7 Å². The molecule has 0 unspecified atom stereocenters. The topological polar surface area (TPSA) is 59.6 Å². The molecule has 0 bridgehead atoms. The highest BCUT2D eigenvalue weighted by Crippen LogP contribution is 2.32. The van der Waals surface area contributed by atoms with E-state index in [9.17, 15) is 4.79 Å². The summed E-state index contributed by atoms with van der Waals surface area (Å²) in [6, 6.07) is 12.4. The number of thiocarbonyl (C=S) groups is 1. The second-order valence-corrected chi connectivity index (χ2v) is 5.81. The minimum atomic E-state index is -0.312. The fourth-order valence-corrected chi connectivity index (χ4v) is 2.38. The summed E-state index contributed by atoms with van der Waals surface area (Å²) in [5.41, 5.74) is 1.24. The molecule has 0 saturated carbocycles. The van der Waals surface area contributed by atoms with Gasteiger partial charge in [0.25, 0.3) is 5.91 Å². The first kappa shape index (κ1) is 14.8. The van der Waals surface area contributed by atoms with Crippen LogP contribution in [0.1, 0.15) is 10.4 Å². The predicted molar refractivity (Wildman–Crippen MR) is 90.4 cm³/mol. The van der Waals surface area contributed by atoms with Crippen molar-refractivity contribution in [1.82, 2.24) is 5.32 Å². The molecule has 2 aromatic carbocycles. The first-order valence-electron chi connectivity index (χ1n) is 6.39.